The number of benzene rings is 1. The largest absolute Gasteiger partial charge is 0.326 e. The third-order valence-corrected chi connectivity index (χ3v) is 4.04. The number of hydrogen-bond donors (Lipinski definition) is 1. The van der Waals surface area contributed by atoms with Gasteiger partial charge >= 0.3 is 0 Å². The molecule has 0 aromatic heterocycles. The lowest BCUT2D eigenvalue weighted by atomic mass is 9.93. The van der Waals surface area contributed by atoms with Crippen molar-refractivity contribution in [1.29, 1.82) is 0 Å². The van der Waals surface area contributed by atoms with E-state index in [4.69, 9.17) is 0 Å². The molecule has 2 fully saturated rings. The van der Waals surface area contributed by atoms with E-state index >= 15 is 0 Å². The van der Waals surface area contributed by atoms with Crippen LogP contribution in [0.5, 0.6) is 0 Å². The minimum absolute atomic E-state index is 0.0607. The lowest BCUT2D eigenvalue weighted by Crippen LogP contribution is -2.09. The van der Waals surface area contributed by atoms with Crippen molar-refractivity contribution in [2.24, 2.45) is 5.92 Å². The third-order valence-electron chi connectivity index (χ3n) is 4.04. The van der Waals surface area contributed by atoms with Crippen molar-refractivity contribution in [2.75, 3.05) is 5.32 Å². The fourth-order valence-electron chi connectivity index (χ4n) is 3.10. The molecule has 1 aromatic carbocycles. The fourth-order valence-corrected chi connectivity index (χ4v) is 3.10. The average Bonchev–Trinajstić information content (AvgIpc) is 2.94. The Balaban J connectivity index is 1.90. The summed E-state index contributed by atoms with van der Waals surface area (Å²) in [5.74, 6) is 0.597. The van der Waals surface area contributed by atoms with E-state index < -0.39 is 0 Å². The number of carbonyl (C=O) groups is 2. The Morgan fingerprint density at radius 1 is 1.47 bits per heavy atom. The Morgan fingerprint density at radius 3 is 2.88 bits per heavy atom. The van der Waals surface area contributed by atoms with Crippen molar-refractivity contribution in [1.82, 2.24) is 0 Å². The van der Waals surface area contributed by atoms with Crippen LogP contribution in [0.25, 0.3) is 0 Å². The molecule has 2 aliphatic carbocycles. The second-order valence-corrected chi connectivity index (χ2v) is 5.14. The molecule has 3 rings (SSSR count). The van der Waals surface area contributed by atoms with Crippen molar-refractivity contribution in [3.63, 3.8) is 0 Å². The van der Waals surface area contributed by atoms with E-state index in [1.807, 2.05) is 18.2 Å². The average molecular weight is 229 g/mol. The van der Waals surface area contributed by atoms with Gasteiger partial charge in [0.1, 0.15) is 5.78 Å². The summed E-state index contributed by atoms with van der Waals surface area (Å²) in [6, 6.07) is 7.92. The highest BCUT2D eigenvalue weighted by molar-refractivity contribution is 5.91. The van der Waals surface area contributed by atoms with Gasteiger partial charge in [-0.25, -0.2) is 0 Å². The molecule has 17 heavy (non-hydrogen) atoms. The molecule has 2 saturated carbocycles. The minimum atomic E-state index is -0.0607. The molecule has 0 spiro atoms. The normalized spacial score (nSPS) is 29.9. The monoisotopic (exact) mass is 229 g/mol. The minimum Gasteiger partial charge on any atom is -0.326 e. The second-order valence-electron chi connectivity index (χ2n) is 5.14. The summed E-state index contributed by atoms with van der Waals surface area (Å²) in [5, 5.41) is 2.79. The van der Waals surface area contributed by atoms with Gasteiger partial charge in [0.25, 0.3) is 0 Å². The number of nitrogens with one attached hydrogen (secondary N) is 1. The highest BCUT2D eigenvalue weighted by Crippen LogP contribution is 2.62. The van der Waals surface area contributed by atoms with Crippen molar-refractivity contribution < 1.29 is 9.59 Å². The van der Waals surface area contributed by atoms with Gasteiger partial charge in [-0.05, 0) is 30.5 Å². The molecular formula is C14H15NO2. The lowest BCUT2D eigenvalue weighted by molar-refractivity contribution is -0.119. The van der Waals surface area contributed by atoms with Gasteiger partial charge in [-0.3, -0.25) is 9.59 Å². The number of fused-ring (bicyclic) bond motifs is 1. The van der Waals surface area contributed by atoms with Crippen LogP contribution in [0.1, 0.15) is 31.7 Å². The Morgan fingerprint density at radius 2 is 2.29 bits per heavy atom. The lowest BCUT2D eigenvalue weighted by Gasteiger charge is -2.13. The smallest absolute Gasteiger partial charge is 0.221 e. The molecule has 0 radical (unpaired) electrons. The van der Waals surface area contributed by atoms with Crippen molar-refractivity contribution in [3.8, 4) is 0 Å². The molecule has 0 unspecified atom stereocenters. The van der Waals surface area contributed by atoms with E-state index in [-0.39, 0.29) is 17.2 Å². The van der Waals surface area contributed by atoms with Crippen LogP contribution in [0.3, 0.4) is 0 Å². The number of rotatable bonds is 2. The van der Waals surface area contributed by atoms with Crippen LogP contribution in [0.4, 0.5) is 5.69 Å². The van der Waals surface area contributed by atoms with E-state index in [1.54, 1.807) is 0 Å². The van der Waals surface area contributed by atoms with Crippen molar-refractivity contribution in [2.45, 2.75) is 31.6 Å². The first-order valence-corrected chi connectivity index (χ1v) is 6.03. The number of hydrogen-bond acceptors (Lipinski definition) is 2. The summed E-state index contributed by atoms with van der Waals surface area (Å²) in [4.78, 5) is 22.6. The molecule has 3 nitrogen and oxygen atoms in total. The van der Waals surface area contributed by atoms with Crippen molar-refractivity contribution in [3.05, 3.63) is 29.8 Å². The molecule has 0 heterocycles. The predicted molar refractivity (Wildman–Crippen MR) is 64.8 cm³/mol. The molecule has 1 amide bonds. The number of carbonyl (C=O) groups excluding carboxylic acids is 2. The summed E-state index contributed by atoms with van der Waals surface area (Å²) < 4.78 is 0. The van der Waals surface area contributed by atoms with Crippen molar-refractivity contribution >= 4 is 17.4 Å². The standard InChI is InChI=1S/C14H15NO2/c1-9(16)15-11-4-2-3-10(7-11)14-6-5-13(17)12(14)8-14/h2-4,7,12H,5-6,8H2,1H3,(H,15,16)/t12-,14-/m1/s1. The summed E-state index contributed by atoms with van der Waals surface area (Å²) in [6.07, 6.45) is 2.68. The summed E-state index contributed by atoms with van der Waals surface area (Å²) in [5.41, 5.74) is 2.14. The Bertz CT molecular complexity index is 509. The van der Waals surface area contributed by atoms with Gasteiger partial charge in [0, 0.05) is 30.4 Å². The van der Waals surface area contributed by atoms with E-state index in [9.17, 15) is 9.59 Å². The first-order valence-electron chi connectivity index (χ1n) is 6.03. The fraction of sp³-hybridized carbons (Fsp3) is 0.429. The maximum Gasteiger partial charge on any atom is 0.221 e. The van der Waals surface area contributed by atoms with Gasteiger partial charge in [0.05, 0.1) is 0 Å². The molecular weight excluding hydrogens is 214 g/mol. The molecule has 0 saturated heterocycles. The maximum absolute atomic E-state index is 11.6. The maximum atomic E-state index is 11.6. The summed E-state index contributed by atoms with van der Waals surface area (Å²) >= 11 is 0. The van der Waals surface area contributed by atoms with E-state index in [1.165, 1.54) is 12.5 Å². The topological polar surface area (TPSA) is 46.2 Å². The van der Waals surface area contributed by atoms with Gasteiger partial charge in [-0.15, -0.1) is 0 Å². The highest BCUT2D eigenvalue weighted by atomic mass is 16.1. The van der Waals surface area contributed by atoms with E-state index in [0.29, 0.717) is 5.78 Å². The summed E-state index contributed by atoms with van der Waals surface area (Å²) in [6.45, 7) is 1.50. The molecule has 88 valence electrons. The Labute approximate surface area is 100 Å². The van der Waals surface area contributed by atoms with E-state index in [2.05, 4.69) is 11.4 Å². The SMILES string of the molecule is CC(=O)Nc1cccc([C@]23CCC(=O)[C@H]2C3)c1. The van der Waals surface area contributed by atoms with Crippen LogP contribution in [0, 0.1) is 5.92 Å². The molecule has 1 aromatic rings. The van der Waals surface area contributed by atoms with Crippen LogP contribution >= 0.6 is 0 Å². The van der Waals surface area contributed by atoms with Gasteiger partial charge in [-0.2, -0.15) is 0 Å². The zero-order valence-corrected chi connectivity index (χ0v) is 9.82. The van der Waals surface area contributed by atoms with E-state index in [0.717, 1.165) is 24.9 Å². The molecule has 1 N–H and O–H groups in total. The highest BCUT2D eigenvalue weighted by Gasteiger charge is 2.62. The molecule has 2 aliphatic rings. The molecule has 0 bridgehead atoms. The number of anilines is 1. The van der Waals surface area contributed by atoms with Crippen LogP contribution in [0.15, 0.2) is 24.3 Å². The first kappa shape index (κ1) is 10.5. The van der Waals surface area contributed by atoms with Gasteiger partial charge < -0.3 is 5.32 Å². The molecule has 2 atom stereocenters. The van der Waals surface area contributed by atoms with Crippen LogP contribution < -0.4 is 5.32 Å². The Hall–Kier alpha value is -1.64. The first-order chi connectivity index (χ1) is 8.12. The second kappa shape index (κ2) is 3.42. The van der Waals surface area contributed by atoms with Gasteiger partial charge in [-0.1, -0.05) is 12.1 Å². The third kappa shape index (κ3) is 1.57. The zero-order valence-electron chi connectivity index (χ0n) is 9.82. The molecule has 3 heteroatoms. The van der Waals surface area contributed by atoms with Crippen LogP contribution in [-0.2, 0) is 15.0 Å². The number of ketones is 1. The summed E-state index contributed by atoms with van der Waals surface area (Å²) in [7, 11) is 0. The van der Waals surface area contributed by atoms with Crippen LogP contribution in [-0.4, -0.2) is 11.7 Å². The Kier molecular flexibility index (Phi) is 2.12. The molecule has 0 aliphatic heterocycles. The number of amides is 1. The van der Waals surface area contributed by atoms with Gasteiger partial charge in [0.2, 0.25) is 5.91 Å². The quantitative estimate of drug-likeness (QED) is 0.845. The van der Waals surface area contributed by atoms with Crippen LogP contribution in [0.2, 0.25) is 0 Å². The zero-order chi connectivity index (χ0) is 12.0. The number of Topliss-reactive ketones (excluding diaryl/α,β-unsaturated/α-hetero) is 1. The van der Waals surface area contributed by atoms with Gasteiger partial charge in [0.15, 0.2) is 0 Å². The predicted octanol–water partition coefficient (Wildman–Crippen LogP) is 2.27.